The standard InChI is InChI=1S/C18H14N2OS/c1-12-11-20-18(22-12)14-5-8-17(15(9-14)10-19)13-3-6-16(21-2)7-4-13/h3-9,11H,1-2H3. The molecule has 0 fully saturated rings. The predicted molar refractivity (Wildman–Crippen MR) is 89.0 cm³/mol. The number of benzene rings is 2. The van der Waals surface area contributed by atoms with Gasteiger partial charge in [0.2, 0.25) is 0 Å². The SMILES string of the molecule is COc1ccc(-c2ccc(-c3ncc(C)s3)cc2C#N)cc1. The Morgan fingerprint density at radius 1 is 1.09 bits per heavy atom. The lowest BCUT2D eigenvalue weighted by Gasteiger charge is -2.07. The number of methoxy groups -OCH3 is 1. The highest BCUT2D eigenvalue weighted by atomic mass is 32.1. The Kier molecular flexibility index (Phi) is 3.90. The lowest BCUT2D eigenvalue weighted by atomic mass is 9.98. The zero-order valence-electron chi connectivity index (χ0n) is 12.3. The van der Waals surface area contributed by atoms with Crippen molar-refractivity contribution in [3.8, 4) is 33.5 Å². The molecular formula is C18H14N2OS. The Hall–Kier alpha value is -2.64. The van der Waals surface area contributed by atoms with Crippen molar-refractivity contribution in [2.45, 2.75) is 6.92 Å². The van der Waals surface area contributed by atoms with E-state index in [2.05, 4.69) is 11.1 Å². The average Bonchev–Trinajstić information content (AvgIpc) is 3.01. The molecule has 3 rings (SSSR count). The molecule has 0 N–H and O–H groups in total. The second-order valence-corrected chi connectivity index (χ2v) is 6.11. The summed E-state index contributed by atoms with van der Waals surface area (Å²) in [4.78, 5) is 5.54. The summed E-state index contributed by atoms with van der Waals surface area (Å²) in [5.74, 6) is 0.803. The van der Waals surface area contributed by atoms with Gasteiger partial charge in [0.1, 0.15) is 10.8 Å². The maximum Gasteiger partial charge on any atom is 0.123 e. The van der Waals surface area contributed by atoms with E-state index in [9.17, 15) is 5.26 Å². The van der Waals surface area contributed by atoms with Crippen molar-refractivity contribution < 1.29 is 4.74 Å². The molecule has 0 saturated carbocycles. The van der Waals surface area contributed by atoms with Gasteiger partial charge < -0.3 is 4.74 Å². The third-order valence-corrected chi connectivity index (χ3v) is 4.37. The van der Waals surface area contributed by atoms with Gasteiger partial charge in [-0.25, -0.2) is 4.98 Å². The first-order valence-corrected chi connectivity index (χ1v) is 7.64. The molecule has 0 radical (unpaired) electrons. The topological polar surface area (TPSA) is 45.9 Å². The van der Waals surface area contributed by atoms with Crippen LogP contribution in [0.3, 0.4) is 0 Å². The van der Waals surface area contributed by atoms with Gasteiger partial charge in [0.05, 0.1) is 18.7 Å². The first-order valence-electron chi connectivity index (χ1n) is 6.82. The predicted octanol–water partition coefficient (Wildman–Crippen LogP) is 4.67. The number of hydrogen-bond acceptors (Lipinski definition) is 4. The van der Waals surface area contributed by atoms with E-state index in [0.717, 1.165) is 32.3 Å². The fraction of sp³-hybridized carbons (Fsp3) is 0.111. The number of nitriles is 1. The normalized spacial score (nSPS) is 10.2. The Morgan fingerprint density at radius 3 is 2.41 bits per heavy atom. The van der Waals surface area contributed by atoms with E-state index in [1.165, 1.54) is 0 Å². The van der Waals surface area contributed by atoms with E-state index in [1.807, 2.05) is 55.6 Å². The smallest absolute Gasteiger partial charge is 0.123 e. The molecule has 0 amide bonds. The second-order valence-electron chi connectivity index (χ2n) is 4.88. The lowest BCUT2D eigenvalue weighted by molar-refractivity contribution is 0.415. The quantitative estimate of drug-likeness (QED) is 0.706. The molecule has 1 aromatic heterocycles. The average molecular weight is 306 g/mol. The van der Waals surface area contributed by atoms with Crippen molar-refractivity contribution >= 4 is 11.3 Å². The third-order valence-electron chi connectivity index (χ3n) is 3.41. The van der Waals surface area contributed by atoms with E-state index in [-0.39, 0.29) is 0 Å². The lowest BCUT2D eigenvalue weighted by Crippen LogP contribution is -1.87. The van der Waals surface area contributed by atoms with Gasteiger partial charge in [0.15, 0.2) is 0 Å². The van der Waals surface area contributed by atoms with Gasteiger partial charge in [0, 0.05) is 16.6 Å². The molecule has 0 aliphatic carbocycles. The highest BCUT2D eigenvalue weighted by molar-refractivity contribution is 7.14. The minimum atomic E-state index is 0.649. The number of thiazole rings is 1. The van der Waals surface area contributed by atoms with E-state index in [0.29, 0.717) is 5.56 Å². The fourth-order valence-electron chi connectivity index (χ4n) is 2.28. The summed E-state index contributed by atoms with van der Waals surface area (Å²) in [5.41, 5.74) is 3.55. The van der Waals surface area contributed by atoms with Crippen LogP contribution in [0.5, 0.6) is 5.75 Å². The molecule has 0 spiro atoms. The summed E-state index contributed by atoms with van der Waals surface area (Å²) in [6.07, 6.45) is 1.85. The minimum Gasteiger partial charge on any atom is -0.497 e. The van der Waals surface area contributed by atoms with Gasteiger partial charge in [-0.15, -0.1) is 11.3 Å². The van der Waals surface area contributed by atoms with Crippen molar-refractivity contribution in [3.05, 3.63) is 59.1 Å². The number of ether oxygens (including phenoxy) is 1. The maximum atomic E-state index is 9.47. The molecule has 3 nitrogen and oxygen atoms in total. The minimum absolute atomic E-state index is 0.649. The molecule has 0 bridgehead atoms. The van der Waals surface area contributed by atoms with Gasteiger partial charge in [-0.1, -0.05) is 24.3 Å². The van der Waals surface area contributed by atoms with Crippen molar-refractivity contribution in [1.29, 1.82) is 5.26 Å². The summed E-state index contributed by atoms with van der Waals surface area (Å²) >= 11 is 1.63. The van der Waals surface area contributed by atoms with E-state index in [1.54, 1.807) is 18.4 Å². The van der Waals surface area contributed by atoms with Crippen LogP contribution in [-0.2, 0) is 0 Å². The maximum absolute atomic E-state index is 9.47. The summed E-state index contributed by atoms with van der Waals surface area (Å²) in [7, 11) is 1.64. The molecule has 0 aliphatic rings. The Morgan fingerprint density at radius 2 is 1.82 bits per heavy atom. The zero-order valence-corrected chi connectivity index (χ0v) is 13.1. The molecule has 0 unspecified atom stereocenters. The highest BCUT2D eigenvalue weighted by Crippen LogP contribution is 2.31. The Labute approximate surface area is 133 Å². The molecule has 3 aromatic rings. The number of aromatic nitrogens is 1. The summed E-state index contributed by atoms with van der Waals surface area (Å²) < 4.78 is 5.17. The molecule has 22 heavy (non-hydrogen) atoms. The summed E-state index contributed by atoms with van der Waals surface area (Å²) in [6, 6.07) is 15.9. The van der Waals surface area contributed by atoms with Gasteiger partial charge in [-0.05, 0) is 36.2 Å². The molecule has 0 saturated heterocycles. The van der Waals surface area contributed by atoms with Crippen molar-refractivity contribution in [1.82, 2.24) is 4.98 Å². The monoisotopic (exact) mass is 306 g/mol. The van der Waals surface area contributed by atoms with Gasteiger partial charge >= 0.3 is 0 Å². The van der Waals surface area contributed by atoms with Crippen LogP contribution in [0.25, 0.3) is 21.7 Å². The van der Waals surface area contributed by atoms with Gasteiger partial charge in [-0.2, -0.15) is 5.26 Å². The molecular weight excluding hydrogens is 292 g/mol. The van der Waals surface area contributed by atoms with Crippen molar-refractivity contribution in [2.24, 2.45) is 0 Å². The van der Waals surface area contributed by atoms with Crippen LogP contribution in [0, 0.1) is 18.3 Å². The second kappa shape index (κ2) is 6.00. The molecule has 0 aliphatic heterocycles. The molecule has 0 atom stereocenters. The first-order chi connectivity index (χ1) is 10.7. The largest absolute Gasteiger partial charge is 0.497 e. The number of rotatable bonds is 3. The van der Waals surface area contributed by atoms with Crippen LogP contribution < -0.4 is 4.74 Å². The summed E-state index contributed by atoms with van der Waals surface area (Å²) in [6.45, 7) is 2.03. The van der Waals surface area contributed by atoms with E-state index >= 15 is 0 Å². The van der Waals surface area contributed by atoms with Gasteiger partial charge in [-0.3, -0.25) is 0 Å². The van der Waals surface area contributed by atoms with Crippen molar-refractivity contribution in [3.63, 3.8) is 0 Å². The first kappa shape index (κ1) is 14.3. The zero-order chi connectivity index (χ0) is 15.5. The van der Waals surface area contributed by atoms with Crippen molar-refractivity contribution in [2.75, 3.05) is 7.11 Å². The Bertz CT molecular complexity index is 844. The summed E-state index contributed by atoms with van der Waals surface area (Å²) in [5, 5.41) is 10.4. The third kappa shape index (κ3) is 2.72. The highest BCUT2D eigenvalue weighted by Gasteiger charge is 2.09. The van der Waals surface area contributed by atoms with E-state index < -0.39 is 0 Å². The number of nitrogens with zero attached hydrogens (tertiary/aromatic N) is 2. The van der Waals surface area contributed by atoms with Crippen LogP contribution in [-0.4, -0.2) is 12.1 Å². The molecule has 1 heterocycles. The van der Waals surface area contributed by atoms with Crippen LogP contribution in [0.2, 0.25) is 0 Å². The number of hydrogen-bond donors (Lipinski definition) is 0. The fourth-order valence-corrected chi connectivity index (χ4v) is 3.04. The molecule has 2 aromatic carbocycles. The molecule has 4 heteroatoms. The van der Waals surface area contributed by atoms with Crippen LogP contribution in [0.1, 0.15) is 10.4 Å². The Balaban J connectivity index is 2.04. The van der Waals surface area contributed by atoms with E-state index in [4.69, 9.17) is 4.74 Å². The van der Waals surface area contributed by atoms with Gasteiger partial charge in [0.25, 0.3) is 0 Å². The van der Waals surface area contributed by atoms with Crippen LogP contribution in [0.15, 0.2) is 48.7 Å². The van der Waals surface area contributed by atoms with Crippen LogP contribution >= 0.6 is 11.3 Å². The molecule has 108 valence electrons. The number of aryl methyl sites for hydroxylation is 1. The van der Waals surface area contributed by atoms with Crippen LogP contribution in [0.4, 0.5) is 0 Å².